The van der Waals surface area contributed by atoms with Gasteiger partial charge in [0.05, 0.1) is 0 Å². The number of carboxylic acids is 1. The molecule has 3 nitrogen and oxygen atoms in total. The third-order valence-corrected chi connectivity index (χ3v) is 1.78. The van der Waals surface area contributed by atoms with Crippen LogP contribution in [0.5, 0.6) is 0 Å². The summed E-state index contributed by atoms with van der Waals surface area (Å²) in [6.07, 6.45) is -1.54. The molecule has 1 aromatic carbocycles. The van der Waals surface area contributed by atoms with Gasteiger partial charge in [-0.2, -0.15) is 0 Å². The Kier molecular flexibility index (Phi) is 2.68. The van der Waals surface area contributed by atoms with Crippen LogP contribution in [-0.4, -0.2) is 16.2 Å². The lowest BCUT2D eigenvalue weighted by Crippen LogP contribution is -2.10. The second kappa shape index (κ2) is 3.56. The number of rotatable bonds is 2. The molecule has 64 valence electrons. The second-order valence-corrected chi connectivity index (χ2v) is 2.67. The number of aliphatic hydroxyl groups excluding tert-OH is 1. The monoisotopic (exact) mass is 186 g/mol. The van der Waals surface area contributed by atoms with Crippen molar-refractivity contribution in [3.05, 3.63) is 34.9 Å². The molecule has 0 saturated heterocycles. The number of aliphatic carboxylic acids is 1. The summed E-state index contributed by atoms with van der Waals surface area (Å²) < 4.78 is 0. The third kappa shape index (κ3) is 1.75. The number of carboxylic acid groups (broad SMARTS) is 1. The number of hydrogen-bond donors (Lipinski definition) is 2. The van der Waals surface area contributed by atoms with Crippen LogP contribution in [0.4, 0.5) is 0 Å². The van der Waals surface area contributed by atoms with Crippen molar-refractivity contribution in [1.29, 1.82) is 0 Å². The lowest BCUT2D eigenvalue weighted by Gasteiger charge is -2.06. The van der Waals surface area contributed by atoms with Gasteiger partial charge in [0.1, 0.15) is 0 Å². The molecule has 0 heterocycles. The zero-order valence-corrected chi connectivity index (χ0v) is 6.82. The van der Waals surface area contributed by atoms with Crippen LogP contribution in [0.1, 0.15) is 11.7 Å². The van der Waals surface area contributed by atoms with Crippen LogP contribution in [0.15, 0.2) is 24.3 Å². The molecule has 1 atom stereocenters. The fourth-order valence-corrected chi connectivity index (χ4v) is 1.07. The van der Waals surface area contributed by atoms with E-state index < -0.39 is 12.1 Å². The number of hydrogen-bond acceptors (Lipinski definition) is 2. The Morgan fingerprint density at radius 3 is 2.50 bits per heavy atom. The maximum atomic E-state index is 10.3. The highest BCUT2D eigenvalue weighted by Crippen LogP contribution is 2.22. The molecule has 0 radical (unpaired) electrons. The van der Waals surface area contributed by atoms with Gasteiger partial charge in [-0.1, -0.05) is 29.8 Å². The average molecular weight is 187 g/mol. The Morgan fingerprint density at radius 1 is 1.42 bits per heavy atom. The van der Waals surface area contributed by atoms with Crippen molar-refractivity contribution in [3.8, 4) is 0 Å². The quantitative estimate of drug-likeness (QED) is 0.735. The van der Waals surface area contributed by atoms with Crippen LogP contribution in [0.3, 0.4) is 0 Å². The fraction of sp³-hybridized carbons (Fsp3) is 0.125. The zero-order valence-electron chi connectivity index (χ0n) is 6.07. The van der Waals surface area contributed by atoms with Gasteiger partial charge in [-0.25, -0.2) is 4.79 Å². The summed E-state index contributed by atoms with van der Waals surface area (Å²) in [5.74, 6) is -1.30. The molecule has 12 heavy (non-hydrogen) atoms. The van der Waals surface area contributed by atoms with Crippen LogP contribution in [-0.2, 0) is 4.79 Å². The van der Waals surface area contributed by atoms with E-state index in [0.717, 1.165) is 0 Å². The van der Waals surface area contributed by atoms with Crippen molar-refractivity contribution in [2.75, 3.05) is 0 Å². The fourth-order valence-electron chi connectivity index (χ4n) is 0.830. The minimum absolute atomic E-state index is 0.215. The molecule has 0 unspecified atom stereocenters. The van der Waals surface area contributed by atoms with Crippen LogP contribution in [0.2, 0.25) is 5.02 Å². The van der Waals surface area contributed by atoms with E-state index in [0.29, 0.717) is 0 Å². The van der Waals surface area contributed by atoms with Crippen molar-refractivity contribution in [3.63, 3.8) is 0 Å². The molecule has 2 N–H and O–H groups in total. The van der Waals surface area contributed by atoms with Gasteiger partial charge >= 0.3 is 5.97 Å². The molecule has 1 aromatic rings. The lowest BCUT2D eigenvalue weighted by atomic mass is 10.1. The maximum absolute atomic E-state index is 10.3. The summed E-state index contributed by atoms with van der Waals surface area (Å²) in [6, 6.07) is 6.29. The molecule has 0 aromatic heterocycles. The molecule has 0 fully saturated rings. The normalized spacial score (nSPS) is 12.5. The number of benzene rings is 1. The van der Waals surface area contributed by atoms with Crippen molar-refractivity contribution >= 4 is 17.6 Å². The van der Waals surface area contributed by atoms with E-state index in [1.54, 1.807) is 12.1 Å². The summed E-state index contributed by atoms with van der Waals surface area (Å²) in [4.78, 5) is 10.3. The van der Waals surface area contributed by atoms with Crippen molar-refractivity contribution in [1.82, 2.24) is 0 Å². The van der Waals surface area contributed by atoms with Gasteiger partial charge in [0, 0.05) is 10.6 Å². The molecule has 0 aliphatic heterocycles. The van der Waals surface area contributed by atoms with E-state index in [9.17, 15) is 4.79 Å². The predicted octanol–water partition coefficient (Wildman–Crippen LogP) is 1.46. The maximum Gasteiger partial charge on any atom is 0.337 e. The highest BCUT2D eigenvalue weighted by molar-refractivity contribution is 6.31. The SMILES string of the molecule is O=C(O)[C@H](O)c1ccccc1Cl. The number of carbonyl (C=O) groups is 1. The van der Waals surface area contributed by atoms with Gasteiger partial charge < -0.3 is 10.2 Å². The van der Waals surface area contributed by atoms with Gasteiger partial charge in [0.2, 0.25) is 0 Å². The van der Waals surface area contributed by atoms with Crippen LogP contribution in [0, 0.1) is 0 Å². The highest BCUT2D eigenvalue weighted by atomic mass is 35.5. The number of aliphatic hydroxyl groups is 1. The number of halogens is 1. The summed E-state index contributed by atoms with van der Waals surface area (Å²) in [5.41, 5.74) is 0.215. The van der Waals surface area contributed by atoms with Gasteiger partial charge in [-0.15, -0.1) is 0 Å². The first-order valence-electron chi connectivity index (χ1n) is 3.28. The first-order valence-corrected chi connectivity index (χ1v) is 3.66. The molecule has 4 heteroatoms. The summed E-state index contributed by atoms with van der Waals surface area (Å²) in [7, 11) is 0. The van der Waals surface area contributed by atoms with E-state index in [1.165, 1.54) is 12.1 Å². The molecular formula is C8H7ClO3. The molecule has 0 amide bonds. The standard InChI is InChI=1S/C8H7ClO3/c9-6-4-2-1-3-5(6)7(10)8(11)12/h1-4,7,10H,(H,11,12)/t7-/m1/s1. The average Bonchev–Trinajstić information content (AvgIpc) is 2.04. The third-order valence-electron chi connectivity index (χ3n) is 1.43. The largest absolute Gasteiger partial charge is 0.479 e. The van der Waals surface area contributed by atoms with E-state index in [1.807, 2.05) is 0 Å². The second-order valence-electron chi connectivity index (χ2n) is 2.26. The van der Waals surface area contributed by atoms with Crippen molar-refractivity contribution in [2.45, 2.75) is 6.10 Å². The molecule has 1 rings (SSSR count). The molecule has 0 aliphatic rings. The lowest BCUT2D eigenvalue weighted by molar-refractivity contribution is -0.146. The van der Waals surface area contributed by atoms with Crippen LogP contribution >= 0.6 is 11.6 Å². The van der Waals surface area contributed by atoms with Gasteiger partial charge in [0.15, 0.2) is 6.10 Å². The molecule has 0 spiro atoms. The van der Waals surface area contributed by atoms with Crippen molar-refractivity contribution < 1.29 is 15.0 Å². The van der Waals surface area contributed by atoms with E-state index >= 15 is 0 Å². The van der Waals surface area contributed by atoms with Gasteiger partial charge in [0.25, 0.3) is 0 Å². The summed E-state index contributed by atoms with van der Waals surface area (Å²) >= 11 is 5.64. The smallest absolute Gasteiger partial charge is 0.337 e. The van der Waals surface area contributed by atoms with Crippen LogP contribution < -0.4 is 0 Å². The Hall–Kier alpha value is -1.06. The summed E-state index contributed by atoms with van der Waals surface area (Å²) in [5, 5.41) is 17.8. The van der Waals surface area contributed by atoms with Crippen LogP contribution in [0.25, 0.3) is 0 Å². The van der Waals surface area contributed by atoms with Gasteiger partial charge in [-0.3, -0.25) is 0 Å². The first-order chi connectivity index (χ1) is 5.63. The van der Waals surface area contributed by atoms with Gasteiger partial charge in [-0.05, 0) is 6.07 Å². The Labute approximate surface area is 74.2 Å². The van der Waals surface area contributed by atoms with Crippen molar-refractivity contribution in [2.24, 2.45) is 0 Å². The minimum Gasteiger partial charge on any atom is -0.479 e. The van der Waals surface area contributed by atoms with E-state index in [2.05, 4.69) is 0 Å². The molecular weight excluding hydrogens is 180 g/mol. The zero-order chi connectivity index (χ0) is 9.14. The molecule has 0 bridgehead atoms. The predicted molar refractivity (Wildman–Crippen MR) is 44.0 cm³/mol. The minimum atomic E-state index is -1.54. The Morgan fingerprint density at radius 2 is 2.00 bits per heavy atom. The molecule has 0 saturated carbocycles. The van der Waals surface area contributed by atoms with E-state index in [-0.39, 0.29) is 10.6 Å². The Balaban J connectivity index is 3.02. The first kappa shape index (κ1) is 9.03. The Bertz CT molecular complexity index is 298. The topological polar surface area (TPSA) is 57.5 Å². The molecule has 0 aliphatic carbocycles. The van der Waals surface area contributed by atoms with E-state index in [4.69, 9.17) is 21.8 Å². The summed E-state index contributed by atoms with van der Waals surface area (Å²) in [6.45, 7) is 0. The highest BCUT2D eigenvalue weighted by Gasteiger charge is 2.17.